The molecular weight excluding hydrogens is 328 g/mol. The monoisotopic (exact) mass is 354 g/mol. The Morgan fingerprint density at radius 3 is 1.48 bits per heavy atom. The van der Waals surface area contributed by atoms with Crippen LogP contribution in [-0.4, -0.2) is 72.9 Å². The number of hydrogen-bond acceptors (Lipinski definition) is 6. The predicted molar refractivity (Wildman–Crippen MR) is 87.3 cm³/mol. The number of nitrogens with zero attached hydrogens (tertiary/aromatic N) is 2. The molecule has 0 saturated carbocycles. The van der Waals surface area contributed by atoms with Gasteiger partial charge in [-0.25, -0.2) is 0 Å². The fourth-order valence-corrected chi connectivity index (χ4v) is 3.81. The topological polar surface area (TPSA) is 93.2 Å². The Labute approximate surface area is 147 Å². The number of carbonyl (C=O) groups is 4. The first kappa shape index (κ1) is 19.2. The number of esters is 2. The van der Waals surface area contributed by atoms with Crippen molar-refractivity contribution in [2.24, 2.45) is 10.8 Å². The first-order valence-electron chi connectivity index (χ1n) is 8.76. The molecule has 2 unspecified atom stereocenters. The van der Waals surface area contributed by atoms with Crippen molar-refractivity contribution in [3.8, 4) is 0 Å². The van der Waals surface area contributed by atoms with Crippen LogP contribution in [0.5, 0.6) is 0 Å². The normalized spacial score (nSPS) is 28.8. The number of carbonyl (C=O) groups excluding carboxylic acids is 4. The molecule has 2 bridgehead atoms. The quantitative estimate of drug-likeness (QED) is 0.500. The lowest BCUT2D eigenvalue weighted by atomic mass is 9.62. The zero-order valence-electron chi connectivity index (χ0n) is 15.3. The maximum atomic E-state index is 13.0. The summed E-state index contributed by atoms with van der Waals surface area (Å²) in [5.74, 6) is -2.14. The largest absolute Gasteiger partial charge is 0.465 e. The first-order valence-corrected chi connectivity index (χ1v) is 8.76. The standard InChI is InChI=1S/C17H26N2O6/c1-5-18-10-16(14(22)24-7-3)9-17(12(18)20,15(23)25-8-4)11-19(6-2)13(16)21/h5-11H2,1-4H3. The molecule has 2 aliphatic heterocycles. The molecule has 25 heavy (non-hydrogen) atoms. The Balaban J connectivity index is 2.61. The zero-order chi connectivity index (χ0) is 18.8. The molecule has 2 fully saturated rings. The molecule has 0 aromatic carbocycles. The van der Waals surface area contributed by atoms with Gasteiger partial charge in [-0.1, -0.05) is 0 Å². The third-order valence-electron chi connectivity index (χ3n) is 5.01. The summed E-state index contributed by atoms with van der Waals surface area (Å²) in [6.07, 6.45) is -0.192. The van der Waals surface area contributed by atoms with Crippen molar-refractivity contribution in [2.45, 2.75) is 34.1 Å². The second-order valence-corrected chi connectivity index (χ2v) is 6.42. The Morgan fingerprint density at radius 2 is 1.20 bits per heavy atom. The Kier molecular flexibility index (Phi) is 5.39. The second kappa shape index (κ2) is 7.01. The molecular formula is C17H26N2O6. The molecule has 0 aliphatic carbocycles. The molecule has 2 atom stereocenters. The van der Waals surface area contributed by atoms with Crippen molar-refractivity contribution in [1.29, 1.82) is 0 Å². The van der Waals surface area contributed by atoms with Gasteiger partial charge in [0.05, 0.1) is 13.2 Å². The number of fused-ring (bicyclic) bond motifs is 2. The summed E-state index contributed by atoms with van der Waals surface area (Å²) in [5, 5.41) is 0. The van der Waals surface area contributed by atoms with E-state index in [1.165, 1.54) is 9.80 Å². The van der Waals surface area contributed by atoms with Gasteiger partial charge in [0, 0.05) is 32.6 Å². The van der Waals surface area contributed by atoms with Gasteiger partial charge >= 0.3 is 11.9 Å². The maximum absolute atomic E-state index is 13.0. The van der Waals surface area contributed by atoms with Gasteiger partial charge in [-0.15, -0.1) is 0 Å². The van der Waals surface area contributed by atoms with Gasteiger partial charge in [-0.3, -0.25) is 19.2 Å². The lowest BCUT2D eigenvalue weighted by molar-refractivity contribution is -0.195. The van der Waals surface area contributed by atoms with E-state index in [4.69, 9.17) is 9.47 Å². The highest BCUT2D eigenvalue weighted by Gasteiger charge is 2.69. The Bertz CT molecular complexity index is 542. The average molecular weight is 354 g/mol. The van der Waals surface area contributed by atoms with E-state index in [1.807, 2.05) is 0 Å². The van der Waals surface area contributed by atoms with Gasteiger partial charge in [0.15, 0.2) is 10.8 Å². The number of likely N-dealkylation sites (tertiary alicyclic amines) is 2. The first-order chi connectivity index (χ1) is 11.8. The highest BCUT2D eigenvalue weighted by molar-refractivity contribution is 6.12. The smallest absolute Gasteiger partial charge is 0.323 e. The van der Waals surface area contributed by atoms with Gasteiger partial charge < -0.3 is 19.3 Å². The molecule has 2 heterocycles. The number of hydrogen-bond donors (Lipinski definition) is 0. The van der Waals surface area contributed by atoms with Crippen LogP contribution in [0.3, 0.4) is 0 Å². The van der Waals surface area contributed by atoms with E-state index in [1.54, 1.807) is 27.7 Å². The minimum absolute atomic E-state index is 0.0718. The molecule has 0 aromatic rings. The third-order valence-corrected chi connectivity index (χ3v) is 5.01. The second-order valence-electron chi connectivity index (χ2n) is 6.42. The molecule has 2 amide bonds. The summed E-state index contributed by atoms with van der Waals surface area (Å²) in [6.45, 7) is 7.49. The Morgan fingerprint density at radius 1 is 0.840 bits per heavy atom. The van der Waals surface area contributed by atoms with E-state index in [0.717, 1.165) is 0 Å². The molecule has 8 nitrogen and oxygen atoms in total. The SMILES string of the molecule is CCOC(=O)C12CN(CC)C(=O)C(C(=O)OCC)(CN(CC)C1=O)C2. The van der Waals surface area contributed by atoms with Crippen molar-refractivity contribution in [3.05, 3.63) is 0 Å². The highest BCUT2D eigenvalue weighted by atomic mass is 16.5. The molecule has 2 aliphatic rings. The summed E-state index contributed by atoms with van der Waals surface area (Å²) in [4.78, 5) is 54.3. The van der Waals surface area contributed by atoms with E-state index >= 15 is 0 Å². The Hall–Kier alpha value is -2.12. The van der Waals surface area contributed by atoms with Crippen LogP contribution in [0.25, 0.3) is 0 Å². The minimum atomic E-state index is -1.55. The van der Waals surface area contributed by atoms with E-state index < -0.39 is 22.8 Å². The van der Waals surface area contributed by atoms with Crippen LogP contribution >= 0.6 is 0 Å². The van der Waals surface area contributed by atoms with Crippen molar-refractivity contribution in [1.82, 2.24) is 9.80 Å². The van der Waals surface area contributed by atoms with Gasteiger partial charge in [-0.2, -0.15) is 0 Å². The third kappa shape index (κ3) is 2.77. The lowest BCUT2D eigenvalue weighted by Crippen LogP contribution is -2.73. The summed E-state index contributed by atoms with van der Waals surface area (Å²) in [5.41, 5.74) is -3.11. The molecule has 2 saturated heterocycles. The van der Waals surface area contributed by atoms with Crippen LogP contribution in [-0.2, 0) is 28.7 Å². The van der Waals surface area contributed by atoms with Crippen molar-refractivity contribution in [2.75, 3.05) is 39.4 Å². The van der Waals surface area contributed by atoms with E-state index in [2.05, 4.69) is 0 Å². The average Bonchev–Trinajstić information content (AvgIpc) is 2.60. The van der Waals surface area contributed by atoms with Crippen molar-refractivity contribution < 1.29 is 28.7 Å². The summed E-state index contributed by atoms with van der Waals surface area (Å²) >= 11 is 0. The fraction of sp³-hybridized carbons (Fsp3) is 0.765. The molecule has 0 spiro atoms. The van der Waals surface area contributed by atoms with E-state index in [9.17, 15) is 19.2 Å². The zero-order valence-corrected chi connectivity index (χ0v) is 15.3. The van der Waals surface area contributed by atoms with Gasteiger partial charge in [0.1, 0.15) is 0 Å². The summed E-state index contributed by atoms with van der Waals surface area (Å²) in [7, 11) is 0. The van der Waals surface area contributed by atoms with Gasteiger partial charge in [-0.05, 0) is 27.7 Å². The van der Waals surface area contributed by atoms with E-state index in [0.29, 0.717) is 13.1 Å². The van der Waals surface area contributed by atoms with Crippen LogP contribution in [0.4, 0.5) is 0 Å². The lowest BCUT2D eigenvalue weighted by Gasteiger charge is -2.53. The maximum Gasteiger partial charge on any atom is 0.323 e. The number of rotatable bonds is 6. The summed E-state index contributed by atoms with van der Waals surface area (Å²) in [6, 6.07) is 0. The molecule has 0 radical (unpaired) electrons. The van der Waals surface area contributed by atoms with Gasteiger partial charge in [0.25, 0.3) is 0 Å². The van der Waals surface area contributed by atoms with Crippen LogP contribution in [0.15, 0.2) is 0 Å². The fourth-order valence-electron chi connectivity index (χ4n) is 3.81. The van der Waals surface area contributed by atoms with Crippen LogP contribution in [0, 0.1) is 10.8 Å². The molecule has 140 valence electrons. The molecule has 8 heteroatoms. The number of amides is 2. The molecule has 0 aromatic heterocycles. The van der Waals surface area contributed by atoms with Gasteiger partial charge in [0.2, 0.25) is 11.8 Å². The van der Waals surface area contributed by atoms with Crippen LogP contribution < -0.4 is 0 Å². The van der Waals surface area contributed by atoms with Crippen molar-refractivity contribution >= 4 is 23.8 Å². The summed E-state index contributed by atoms with van der Waals surface area (Å²) < 4.78 is 10.3. The van der Waals surface area contributed by atoms with Crippen LogP contribution in [0.2, 0.25) is 0 Å². The number of ether oxygens (including phenoxy) is 2. The highest BCUT2D eigenvalue weighted by Crippen LogP contribution is 2.48. The minimum Gasteiger partial charge on any atom is -0.465 e. The van der Waals surface area contributed by atoms with Crippen molar-refractivity contribution in [3.63, 3.8) is 0 Å². The number of piperidine rings is 2. The van der Waals surface area contributed by atoms with E-state index in [-0.39, 0.29) is 44.5 Å². The molecule has 0 N–H and O–H groups in total. The van der Waals surface area contributed by atoms with Crippen LogP contribution in [0.1, 0.15) is 34.1 Å². The predicted octanol–water partition coefficient (Wildman–Crippen LogP) is 0.200. The molecule has 2 rings (SSSR count).